The molecule has 0 saturated carbocycles. The van der Waals surface area contributed by atoms with Crippen LogP contribution in [0.25, 0.3) is 0 Å². The van der Waals surface area contributed by atoms with E-state index in [0.29, 0.717) is 0 Å². The SMILES string of the molecule is C[N+]12CCNCC1C2. The summed E-state index contributed by atoms with van der Waals surface area (Å²) in [6, 6.07) is 0.976. The van der Waals surface area contributed by atoms with E-state index in [4.69, 9.17) is 0 Å². The molecule has 0 aromatic heterocycles. The standard InChI is InChI=1S/C6H13N2/c1-8-3-2-7-4-6(8)5-8/h6-7H,2-5H2,1H3/q+1. The van der Waals surface area contributed by atoms with Crippen molar-refractivity contribution in [1.29, 1.82) is 0 Å². The summed E-state index contributed by atoms with van der Waals surface area (Å²) in [5.41, 5.74) is 0. The van der Waals surface area contributed by atoms with Crippen molar-refractivity contribution in [2.24, 2.45) is 0 Å². The molecule has 1 N–H and O–H groups in total. The van der Waals surface area contributed by atoms with Crippen molar-refractivity contribution in [2.45, 2.75) is 6.04 Å². The predicted molar refractivity (Wildman–Crippen MR) is 32.6 cm³/mol. The van der Waals surface area contributed by atoms with Gasteiger partial charge < -0.3 is 9.80 Å². The molecule has 2 saturated heterocycles. The Labute approximate surface area is 50.1 Å². The lowest BCUT2D eigenvalue weighted by Gasteiger charge is -2.19. The molecule has 2 nitrogen and oxygen atoms in total. The van der Waals surface area contributed by atoms with Crippen molar-refractivity contribution in [1.82, 2.24) is 5.32 Å². The topological polar surface area (TPSA) is 12.0 Å². The Morgan fingerprint density at radius 2 is 2.50 bits per heavy atom. The molecule has 0 aromatic carbocycles. The van der Waals surface area contributed by atoms with Gasteiger partial charge in [-0.05, 0) is 0 Å². The number of nitrogens with one attached hydrogen (secondary N) is 1. The van der Waals surface area contributed by atoms with Crippen molar-refractivity contribution in [3.8, 4) is 0 Å². The normalized spacial score (nSPS) is 52.9. The van der Waals surface area contributed by atoms with Crippen LogP contribution in [0.2, 0.25) is 0 Å². The average Bonchev–Trinajstić information content (AvgIpc) is 2.39. The van der Waals surface area contributed by atoms with Crippen LogP contribution in [0.4, 0.5) is 0 Å². The second-order valence-electron chi connectivity index (χ2n) is 3.24. The zero-order valence-electron chi connectivity index (χ0n) is 5.35. The summed E-state index contributed by atoms with van der Waals surface area (Å²) >= 11 is 0. The molecular formula is C6H13N2+. The number of rotatable bonds is 0. The van der Waals surface area contributed by atoms with Crippen molar-refractivity contribution in [3.63, 3.8) is 0 Å². The molecule has 0 aromatic rings. The molecule has 0 aliphatic carbocycles. The molecule has 2 heterocycles. The highest BCUT2D eigenvalue weighted by Crippen LogP contribution is 2.28. The molecule has 2 rings (SSSR count). The summed E-state index contributed by atoms with van der Waals surface area (Å²) in [5, 5.41) is 3.39. The minimum absolute atomic E-state index is 0.976. The fraction of sp³-hybridized carbons (Fsp3) is 1.00. The summed E-state index contributed by atoms with van der Waals surface area (Å²) in [7, 11) is 2.35. The van der Waals surface area contributed by atoms with Crippen molar-refractivity contribution < 1.29 is 4.48 Å². The fourth-order valence-electron chi connectivity index (χ4n) is 1.60. The molecule has 2 heteroatoms. The summed E-state index contributed by atoms with van der Waals surface area (Å²) in [6.45, 7) is 5.27. The van der Waals surface area contributed by atoms with Gasteiger partial charge in [-0.1, -0.05) is 0 Å². The van der Waals surface area contributed by atoms with Crippen LogP contribution >= 0.6 is 0 Å². The Bertz CT molecular complexity index is 111. The predicted octanol–water partition coefficient (Wildman–Crippen LogP) is -0.582. The molecular weight excluding hydrogens is 100 g/mol. The highest BCUT2D eigenvalue weighted by atomic mass is 15.5. The first-order valence-corrected chi connectivity index (χ1v) is 3.36. The minimum Gasteiger partial charge on any atom is -0.312 e. The first kappa shape index (κ1) is 4.77. The molecule has 0 amide bonds. The summed E-state index contributed by atoms with van der Waals surface area (Å²) in [6.07, 6.45) is 0. The number of hydrogen-bond acceptors (Lipinski definition) is 1. The van der Waals surface area contributed by atoms with E-state index in [2.05, 4.69) is 12.4 Å². The Kier molecular flexibility index (Phi) is 0.746. The zero-order chi connectivity index (χ0) is 5.61. The Hall–Kier alpha value is -0.0800. The number of likely N-dealkylation sites (N-methyl/N-ethyl adjacent to an activating group) is 1. The summed E-state index contributed by atoms with van der Waals surface area (Å²) in [4.78, 5) is 0. The Balaban J connectivity index is 2.04. The first-order chi connectivity index (χ1) is 3.81. The lowest BCUT2D eigenvalue weighted by atomic mass is 10.4. The van der Waals surface area contributed by atoms with E-state index < -0.39 is 0 Å². The molecule has 2 aliphatic heterocycles. The third kappa shape index (κ3) is 0.501. The third-order valence-corrected chi connectivity index (χ3v) is 2.56. The van der Waals surface area contributed by atoms with E-state index in [1.165, 1.54) is 30.7 Å². The lowest BCUT2D eigenvalue weighted by molar-refractivity contribution is -0.793. The number of hydrogen-bond donors (Lipinski definition) is 1. The highest BCUT2D eigenvalue weighted by Gasteiger charge is 2.52. The quantitative estimate of drug-likeness (QED) is 0.327. The maximum absolute atomic E-state index is 3.39. The second-order valence-corrected chi connectivity index (χ2v) is 3.24. The lowest BCUT2D eigenvalue weighted by Crippen LogP contribution is -2.42. The van der Waals surface area contributed by atoms with Crippen LogP contribution < -0.4 is 5.32 Å². The minimum atomic E-state index is 0.976. The van der Waals surface area contributed by atoms with E-state index in [0.717, 1.165) is 6.04 Å². The number of quaternary nitrogens is 1. The van der Waals surface area contributed by atoms with Gasteiger partial charge >= 0.3 is 0 Å². The number of nitrogens with zero attached hydrogens (tertiary/aromatic N) is 1. The molecule has 2 unspecified atom stereocenters. The molecule has 8 heavy (non-hydrogen) atoms. The zero-order valence-corrected chi connectivity index (χ0v) is 5.35. The molecule has 2 atom stereocenters. The van der Waals surface area contributed by atoms with Gasteiger partial charge in [0.2, 0.25) is 0 Å². The van der Waals surface area contributed by atoms with E-state index in [1.807, 2.05) is 0 Å². The van der Waals surface area contributed by atoms with Gasteiger partial charge in [0.15, 0.2) is 6.04 Å². The van der Waals surface area contributed by atoms with Crippen LogP contribution in [-0.4, -0.2) is 43.8 Å². The van der Waals surface area contributed by atoms with Crippen LogP contribution in [0.1, 0.15) is 0 Å². The van der Waals surface area contributed by atoms with Crippen molar-refractivity contribution in [2.75, 3.05) is 33.2 Å². The average molecular weight is 113 g/mol. The van der Waals surface area contributed by atoms with Gasteiger partial charge in [-0.2, -0.15) is 0 Å². The van der Waals surface area contributed by atoms with E-state index in [-0.39, 0.29) is 0 Å². The van der Waals surface area contributed by atoms with Gasteiger partial charge in [0, 0.05) is 6.54 Å². The van der Waals surface area contributed by atoms with Crippen molar-refractivity contribution >= 4 is 0 Å². The Morgan fingerprint density at radius 3 is 3.00 bits per heavy atom. The van der Waals surface area contributed by atoms with Gasteiger partial charge in [0.25, 0.3) is 0 Å². The van der Waals surface area contributed by atoms with Gasteiger partial charge in [0.1, 0.15) is 6.54 Å². The largest absolute Gasteiger partial charge is 0.312 e. The van der Waals surface area contributed by atoms with Crippen LogP contribution in [0.3, 0.4) is 0 Å². The molecule has 2 fully saturated rings. The van der Waals surface area contributed by atoms with Gasteiger partial charge in [-0.25, -0.2) is 0 Å². The first-order valence-electron chi connectivity index (χ1n) is 3.36. The second kappa shape index (κ2) is 1.25. The molecule has 2 aliphatic rings. The van der Waals surface area contributed by atoms with E-state index in [1.54, 1.807) is 0 Å². The third-order valence-electron chi connectivity index (χ3n) is 2.56. The summed E-state index contributed by atoms with van der Waals surface area (Å²) in [5.74, 6) is 0. The van der Waals surface area contributed by atoms with E-state index in [9.17, 15) is 0 Å². The monoisotopic (exact) mass is 113 g/mol. The molecule has 0 bridgehead atoms. The van der Waals surface area contributed by atoms with E-state index >= 15 is 0 Å². The molecule has 0 radical (unpaired) electrons. The molecule has 46 valence electrons. The van der Waals surface area contributed by atoms with Gasteiger partial charge in [0.05, 0.1) is 20.1 Å². The highest BCUT2D eigenvalue weighted by molar-refractivity contribution is 4.79. The Morgan fingerprint density at radius 1 is 1.62 bits per heavy atom. The van der Waals surface area contributed by atoms with Crippen LogP contribution in [0.15, 0.2) is 0 Å². The maximum atomic E-state index is 3.39. The fourth-order valence-corrected chi connectivity index (χ4v) is 1.60. The smallest absolute Gasteiger partial charge is 0.151 e. The number of fused-ring (bicyclic) bond motifs is 1. The van der Waals surface area contributed by atoms with Crippen LogP contribution in [0.5, 0.6) is 0 Å². The maximum Gasteiger partial charge on any atom is 0.151 e. The van der Waals surface area contributed by atoms with Crippen LogP contribution in [0, 0.1) is 0 Å². The summed E-state index contributed by atoms with van der Waals surface area (Å²) < 4.78 is 1.35. The van der Waals surface area contributed by atoms with Crippen molar-refractivity contribution in [3.05, 3.63) is 0 Å². The van der Waals surface area contributed by atoms with Crippen LogP contribution in [-0.2, 0) is 0 Å². The van der Waals surface area contributed by atoms with Gasteiger partial charge in [-0.15, -0.1) is 0 Å². The van der Waals surface area contributed by atoms with Gasteiger partial charge in [-0.3, -0.25) is 0 Å². The number of piperazine rings is 1. The molecule has 0 spiro atoms.